The molecule has 1 atom stereocenters. The van der Waals surface area contributed by atoms with Gasteiger partial charge >= 0.3 is 0 Å². The van der Waals surface area contributed by atoms with Gasteiger partial charge in [0.25, 0.3) is 5.91 Å². The summed E-state index contributed by atoms with van der Waals surface area (Å²) in [6.45, 7) is 2.00. The summed E-state index contributed by atoms with van der Waals surface area (Å²) < 4.78 is 6.63. The van der Waals surface area contributed by atoms with Gasteiger partial charge in [0.05, 0.1) is 28.9 Å². The number of benzene rings is 3. The zero-order valence-corrected chi connectivity index (χ0v) is 16.3. The molecule has 0 aliphatic rings. The number of para-hydroxylation sites is 1. The number of rotatable bonds is 4. The first-order chi connectivity index (χ1) is 13.1. The molecule has 1 amide bonds. The fourth-order valence-corrected chi connectivity index (χ4v) is 4.22. The lowest BCUT2D eigenvalue weighted by Crippen LogP contribution is -2.30. The van der Waals surface area contributed by atoms with Gasteiger partial charge < -0.3 is 9.64 Å². The van der Waals surface area contributed by atoms with Crippen molar-refractivity contribution in [2.24, 2.45) is 0 Å². The number of carbonyl (C=O) groups is 1. The molecule has 5 heteroatoms. The van der Waals surface area contributed by atoms with Crippen LogP contribution in [0.15, 0.2) is 60.7 Å². The Kier molecular flexibility index (Phi) is 4.54. The Balaban J connectivity index is 1.69. The molecule has 0 spiro atoms. The lowest BCUT2D eigenvalue weighted by Gasteiger charge is -2.24. The fourth-order valence-electron chi connectivity index (χ4n) is 3.16. The summed E-state index contributed by atoms with van der Waals surface area (Å²) in [5.41, 5.74) is 1.53. The molecule has 3 aromatic carbocycles. The van der Waals surface area contributed by atoms with Gasteiger partial charge in [-0.15, -0.1) is 11.3 Å². The predicted molar refractivity (Wildman–Crippen MR) is 111 cm³/mol. The molecule has 0 unspecified atom stereocenters. The first kappa shape index (κ1) is 17.5. The normalized spacial score (nSPS) is 12.3. The monoisotopic (exact) mass is 376 g/mol. The summed E-state index contributed by atoms with van der Waals surface area (Å²) in [6.07, 6.45) is 0. The highest BCUT2D eigenvalue weighted by atomic mass is 32.1. The van der Waals surface area contributed by atoms with Gasteiger partial charge in [0.1, 0.15) is 10.8 Å². The second-order valence-corrected chi connectivity index (χ2v) is 7.57. The number of nitrogens with zero attached hydrogens (tertiary/aromatic N) is 2. The summed E-state index contributed by atoms with van der Waals surface area (Å²) in [6, 6.07) is 19.7. The Morgan fingerprint density at radius 3 is 2.44 bits per heavy atom. The molecule has 4 aromatic rings. The zero-order chi connectivity index (χ0) is 19.0. The molecule has 136 valence electrons. The van der Waals surface area contributed by atoms with Crippen molar-refractivity contribution in [1.29, 1.82) is 0 Å². The smallest absolute Gasteiger partial charge is 0.257 e. The summed E-state index contributed by atoms with van der Waals surface area (Å²) >= 11 is 1.62. The van der Waals surface area contributed by atoms with Gasteiger partial charge in [-0.1, -0.05) is 36.4 Å². The number of fused-ring (bicyclic) bond motifs is 2. The molecule has 0 aliphatic heterocycles. The van der Waals surface area contributed by atoms with Crippen LogP contribution in [-0.2, 0) is 0 Å². The van der Waals surface area contributed by atoms with Gasteiger partial charge in [-0.25, -0.2) is 4.98 Å². The van der Waals surface area contributed by atoms with E-state index in [-0.39, 0.29) is 11.9 Å². The number of carbonyl (C=O) groups excluding carboxylic acids is 1. The molecule has 0 N–H and O–H groups in total. The molecule has 4 rings (SSSR count). The highest BCUT2D eigenvalue weighted by Gasteiger charge is 2.24. The Labute approximate surface area is 162 Å². The maximum Gasteiger partial charge on any atom is 0.257 e. The first-order valence-corrected chi connectivity index (χ1v) is 9.59. The van der Waals surface area contributed by atoms with Gasteiger partial charge in [-0.05, 0) is 42.0 Å². The van der Waals surface area contributed by atoms with E-state index in [2.05, 4.69) is 6.07 Å². The maximum atomic E-state index is 13.2. The van der Waals surface area contributed by atoms with E-state index in [1.165, 1.54) is 0 Å². The molecule has 1 aromatic heterocycles. The summed E-state index contributed by atoms with van der Waals surface area (Å²) in [5, 5.41) is 2.99. The molecule has 0 bridgehead atoms. The SMILES string of the molecule is COc1cc2ccccc2cc1C(=O)N(C)[C@@H](C)c1nc2ccccc2s1. The maximum absolute atomic E-state index is 13.2. The third-order valence-electron chi connectivity index (χ3n) is 4.87. The van der Waals surface area contributed by atoms with Crippen molar-refractivity contribution in [3.63, 3.8) is 0 Å². The average molecular weight is 376 g/mol. The van der Waals surface area contributed by atoms with Crippen LogP contribution in [0.5, 0.6) is 5.75 Å². The Morgan fingerprint density at radius 2 is 1.74 bits per heavy atom. The van der Waals surface area contributed by atoms with E-state index in [1.54, 1.807) is 23.3 Å². The lowest BCUT2D eigenvalue weighted by atomic mass is 10.0. The van der Waals surface area contributed by atoms with Crippen molar-refractivity contribution < 1.29 is 9.53 Å². The van der Waals surface area contributed by atoms with Crippen molar-refractivity contribution in [2.45, 2.75) is 13.0 Å². The van der Waals surface area contributed by atoms with Crippen LogP contribution in [0.4, 0.5) is 0 Å². The van der Waals surface area contributed by atoms with Crippen LogP contribution >= 0.6 is 11.3 Å². The van der Waals surface area contributed by atoms with Crippen LogP contribution in [0.3, 0.4) is 0 Å². The summed E-state index contributed by atoms with van der Waals surface area (Å²) in [5.74, 6) is 0.506. The lowest BCUT2D eigenvalue weighted by molar-refractivity contribution is 0.0739. The molecule has 0 fully saturated rings. The number of hydrogen-bond donors (Lipinski definition) is 0. The van der Waals surface area contributed by atoms with Crippen molar-refractivity contribution in [3.05, 3.63) is 71.2 Å². The van der Waals surface area contributed by atoms with E-state index in [0.29, 0.717) is 11.3 Å². The largest absolute Gasteiger partial charge is 0.496 e. The number of ether oxygens (including phenoxy) is 1. The Hall–Kier alpha value is -2.92. The van der Waals surface area contributed by atoms with Crippen molar-refractivity contribution in [2.75, 3.05) is 14.2 Å². The summed E-state index contributed by atoms with van der Waals surface area (Å²) in [4.78, 5) is 19.6. The van der Waals surface area contributed by atoms with E-state index >= 15 is 0 Å². The molecule has 27 heavy (non-hydrogen) atoms. The van der Waals surface area contributed by atoms with Gasteiger partial charge in [-0.2, -0.15) is 0 Å². The quantitative estimate of drug-likeness (QED) is 0.486. The van der Waals surface area contributed by atoms with Crippen LogP contribution < -0.4 is 4.74 Å². The van der Waals surface area contributed by atoms with Crippen molar-refractivity contribution >= 4 is 38.2 Å². The van der Waals surface area contributed by atoms with Crippen LogP contribution in [0.25, 0.3) is 21.0 Å². The van der Waals surface area contributed by atoms with Gasteiger partial charge in [0, 0.05) is 7.05 Å². The van der Waals surface area contributed by atoms with Gasteiger partial charge in [0.15, 0.2) is 0 Å². The standard InChI is InChI=1S/C22H20N2O2S/c1-14(21-23-18-10-6-7-11-20(18)27-21)24(2)22(25)17-12-15-8-4-5-9-16(15)13-19(17)26-3/h4-14H,1-3H3/t14-/m0/s1. The number of hydrogen-bond acceptors (Lipinski definition) is 4. The highest BCUT2D eigenvalue weighted by molar-refractivity contribution is 7.18. The summed E-state index contributed by atoms with van der Waals surface area (Å²) in [7, 11) is 3.41. The minimum atomic E-state index is -0.133. The average Bonchev–Trinajstić information content (AvgIpc) is 3.15. The van der Waals surface area contributed by atoms with E-state index < -0.39 is 0 Å². The topological polar surface area (TPSA) is 42.4 Å². The second-order valence-electron chi connectivity index (χ2n) is 6.51. The third kappa shape index (κ3) is 3.15. The minimum Gasteiger partial charge on any atom is -0.496 e. The fraction of sp³-hybridized carbons (Fsp3) is 0.182. The molecule has 0 radical (unpaired) electrons. The van der Waals surface area contributed by atoms with Crippen LogP contribution in [0, 0.1) is 0 Å². The van der Waals surface area contributed by atoms with Crippen LogP contribution in [-0.4, -0.2) is 29.9 Å². The van der Waals surface area contributed by atoms with E-state index in [4.69, 9.17) is 9.72 Å². The minimum absolute atomic E-state index is 0.0793. The molecular formula is C22H20N2O2S. The number of thiazole rings is 1. The second kappa shape index (κ2) is 7.00. The van der Waals surface area contributed by atoms with Crippen LogP contribution in [0.1, 0.15) is 28.3 Å². The Bertz CT molecular complexity index is 1100. The number of aromatic nitrogens is 1. The van der Waals surface area contributed by atoms with E-state index in [9.17, 15) is 4.79 Å². The van der Waals surface area contributed by atoms with Crippen molar-refractivity contribution in [3.8, 4) is 5.75 Å². The molecule has 1 heterocycles. The van der Waals surface area contributed by atoms with Crippen molar-refractivity contribution in [1.82, 2.24) is 9.88 Å². The highest BCUT2D eigenvalue weighted by Crippen LogP contribution is 2.32. The zero-order valence-electron chi connectivity index (χ0n) is 15.5. The molecule has 0 aliphatic carbocycles. The van der Waals surface area contributed by atoms with Gasteiger partial charge in [0.2, 0.25) is 0 Å². The first-order valence-electron chi connectivity index (χ1n) is 8.78. The van der Waals surface area contributed by atoms with Gasteiger partial charge in [-0.3, -0.25) is 4.79 Å². The molecule has 0 saturated carbocycles. The molecule has 4 nitrogen and oxygen atoms in total. The molecule has 0 saturated heterocycles. The van der Waals surface area contributed by atoms with E-state index in [0.717, 1.165) is 26.0 Å². The van der Waals surface area contributed by atoms with E-state index in [1.807, 2.05) is 68.6 Å². The molecular weight excluding hydrogens is 356 g/mol. The predicted octanol–water partition coefficient (Wildman–Crippen LogP) is 5.29. The number of amides is 1. The Morgan fingerprint density at radius 1 is 1.07 bits per heavy atom. The number of methoxy groups -OCH3 is 1. The third-order valence-corrected chi connectivity index (χ3v) is 6.07. The van der Waals surface area contributed by atoms with Crippen LogP contribution in [0.2, 0.25) is 0 Å².